The molecule has 26 heavy (non-hydrogen) atoms. The Morgan fingerprint density at radius 1 is 1.15 bits per heavy atom. The van der Waals surface area contributed by atoms with Crippen molar-refractivity contribution in [3.05, 3.63) is 59.2 Å². The Hall–Kier alpha value is -2.93. The Bertz CT molecular complexity index is 969. The first-order chi connectivity index (χ1) is 12.5. The molecule has 0 saturated carbocycles. The lowest BCUT2D eigenvalue weighted by Gasteiger charge is -2.13. The van der Waals surface area contributed by atoms with E-state index in [0.717, 1.165) is 4.70 Å². The third kappa shape index (κ3) is 4.00. The van der Waals surface area contributed by atoms with Crippen LogP contribution in [0.15, 0.2) is 48.5 Å². The third-order valence-corrected chi connectivity index (χ3v) is 4.77. The molecule has 0 bridgehead atoms. The highest BCUT2D eigenvalue weighted by molar-refractivity contribution is 7.20. The molecule has 2 aromatic carbocycles. The fourth-order valence-electron chi connectivity index (χ4n) is 2.33. The van der Waals surface area contributed by atoms with Gasteiger partial charge in [0.2, 0.25) is 0 Å². The molecule has 1 amide bonds. The van der Waals surface area contributed by atoms with Crippen molar-refractivity contribution in [2.24, 2.45) is 0 Å². The zero-order chi connectivity index (χ0) is 18.7. The van der Waals surface area contributed by atoms with Crippen LogP contribution in [0.3, 0.4) is 0 Å². The van der Waals surface area contributed by atoms with Gasteiger partial charge in [0.1, 0.15) is 16.4 Å². The van der Waals surface area contributed by atoms with Crippen molar-refractivity contribution >= 4 is 39.0 Å². The van der Waals surface area contributed by atoms with Crippen molar-refractivity contribution in [2.45, 2.75) is 13.0 Å². The van der Waals surface area contributed by atoms with Crippen LogP contribution in [0.2, 0.25) is 0 Å². The van der Waals surface area contributed by atoms with Gasteiger partial charge < -0.3 is 14.8 Å². The van der Waals surface area contributed by atoms with Crippen LogP contribution in [0.1, 0.15) is 16.6 Å². The number of carbonyl (C=O) groups excluding carboxylic acids is 2. The second-order valence-electron chi connectivity index (χ2n) is 5.56. The molecule has 5 nitrogen and oxygen atoms in total. The molecule has 0 aliphatic heterocycles. The zero-order valence-electron chi connectivity index (χ0n) is 14.1. The number of benzene rings is 2. The summed E-state index contributed by atoms with van der Waals surface area (Å²) in [6.45, 7) is 1.49. The Morgan fingerprint density at radius 3 is 2.73 bits per heavy atom. The first-order valence-corrected chi connectivity index (χ1v) is 8.63. The van der Waals surface area contributed by atoms with Gasteiger partial charge in [-0.3, -0.25) is 4.79 Å². The van der Waals surface area contributed by atoms with Gasteiger partial charge in [0.15, 0.2) is 6.10 Å². The van der Waals surface area contributed by atoms with Crippen LogP contribution >= 0.6 is 11.3 Å². The maximum atomic E-state index is 13.3. The number of ether oxygens (including phenoxy) is 2. The fraction of sp³-hybridized carbons (Fsp3) is 0.158. The summed E-state index contributed by atoms with van der Waals surface area (Å²) < 4.78 is 24.3. The number of fused-ring (bicyclic) bond motifs is 1. The Kier molecular flexibility index (Phi) is 5.18. The van der Waals surface area contributed by atoms with Gasteiger partial charge in [0, 0.05) is 16.5 Å². The lowest BCUT2D eigenvalue weighted by atomic mass is 10.2. The van der Waals surface area contributed by atoms with Crippen LogP contribution in [-0.2, 0) is 9.53 Å². The summed E-state index contributed by atoms with van der Waals surface area (Å²) in [6.07, 6.45) is -0.990. The van der Waals surface area contributed by atoms with Crippen LogP contribution in [0.4, 0.5) is 10.1 Å². The molecule has 3 aromatic rings. The molecular formula is C19H16FNO4S. The number of rotatable bonds is 5. The highest BCUT2D eigenvalue weighted by Gasteiger charge is 2.20. The summed E-state index contributed by atoms with van der Waals surface area (Å²) >= 11 is 1.19. The normalized spacial score (nSPS) is 11.8. The molecule has 0 aliphatic rings. The third-order valence-electron chi connectivity index (χ3n) is 3.67. The van der Waals surface area contributed by atoms with Gasteiger partial charge in [-0.05, 0) is 48.7 Å². The minimum absolute atomic E-state index is 0.312. The molecule has 0 radical (unpaired) electrons. The molecule has 3 rings (SSSR count). The summed E-state index contributed by atoms with van der Waals surface area (Å²) in [6, 6.07) is 12.7. The first-order valence-electron chi connectivity index (χ1n) is 7.81. The van der Waals surface area contributed by atoms with E-state index in [1.165, 1.54) is 37.5 Å². The van der Waals surface area contributed by atoms with Crippen LogP contribution in [0, 0.1) is 5.82 Å². The summed E-state index contributed by atoms with van der Waals surface area (Å²) in [5.74, 6) is -0.857. The number of hydrogen-bond acceptors (Lipinski definition) is 5. The number of thiophene rings is 1. The summed E-state index contributed by atoms with van der Waals surface area (Å²) in [4.78, 5) is 24.8. The first kappa shape index (κ1) is 17.9. The molecule has 0 aliphatic carbocycles. The van der Waals surface area contributed by atoms with Crippen molar-refractivity contribution in [3.8, 4) is 5.75 Å². The average molecular weight is 373 g/mol. The van der Waals surface area contributed by atoms with Crippen LogP contribution in [0.25, 0.3) is 10.1 Å². The minimum Gasteiger partial charge on any atom is -0.497 e. The lowest BCUT2D eigenvalue weighted by molar-refractivity contribution is -0.123. The predicted molar refractivity (Wildman–Crippen MR) is 98.3 cm³/mol. The molecule has 1 N–H and O–H groups in total. The molecule has 1 heterocycles. The van der Waals surface area contributed by atoms with Crippen molar-refractivity contribution < 1.29 is 23.5 Å². The molecule has 0 unspecified atom stereocenters. The van der Waals surface area contributed by atoms with Gasteiger partial charge >= 0.3 is 5.97 Å². The molecule has 7 heteroatoms. The van der Waals surface area contributed by atoms with Gasteiger partial charge in [-0.2, -0.15) is 0 Å². The number of halogens is 1. The second-order valence-corrected chi connectivity index (χ2v) is 6.65. The maximum absolute atomic E-state index is 13.3. The average Bonchev–Trinajstić information content (AvgIpc) is 3.05. The highest BCUT2D eigenvalue weighted by atomic mass is 32.1. The predicted octanol–water partition coefficient (Wildman–Crippen LogP) is 4.23. The van der Waals surface area contributed by atoms with E-state index in [0.29, 0.717) is 21.7 Å². The largest absolute Gasteiger partial charge is 0.497 e. The van der Waals surface area contributed by atoms with Gasteiger partial charge in [-0.1, -0.05) is 6.07 Å². The van der Waals surface area contributed by atoms with E-state index in [-0.39, 0.29) is 5.82 Å². The van der Waals surface area contributed by atoms with E-state index in [1.54, 1.807) is 36.4 Å². The van der Waals surface area contributed by atoms with Gasteiger partial charge in [0.05, 0.1) is 7.11 Å². The van der Waals surface area contributed by atoms with Crippen molar-refractivity contribution in [1.29, 1.82) is 0 Å². The quantitative estimate of drug-likeness (QED) is 0.680. The molecule has 1 aromatic heterocycles. The number of methoxy groups -OCH3 is 1. The Morgan fingerprint density at radius 2 is 1.96 bits per heavy atom. The second kappa shape index (κ2) is 7.53. The molecule has 134 valence electrons. The topological polar surface area (TPSA) is 64.6 Å². The van der Waals surface area contributed by atoms with E-state index in [9.17, 15) is 14.0 Å². The Labute approximate surface area is 153 Å². The van der Waals surface area contributed by atoms with Crippen molar-refractivity contribution in [3.63, 3.8) is 0 Å². The SMILES string of the molecule is COc1cccc(NC(=O)[C@@H](C)OC(=O)c2cc3cc(F)ccc3s2)c1. The number of carbonyl (C=O) groups is 2. The van der Waals surface area contributed by atoms with Gasteiger partial charge in [-0.15, -0.1) is 11.3 Å². The molecular weight excluding hydrogens is 357 g/mol. The van der Waals surface area contributed by atoms with Gasteiger partial charge in [0.25, 0.3) is 5.91 Å². The van der Waals surface area contributed by atoms with Crippen molar-refractivity contribution in [1.82, 2.24) is 0 Å². The molecule has 0 spiro atoms. The van der Waals surface area contributed by atoms with Crippen LogP contribution < -0.4 is 10.1 Å². The van der Waals surface area contributed by atoms with Crippen LogP contribution in [-0.4, -0.2) is 25.1 Å². The van der Waals surface area contributed by atoms with Crippen molar-refractivity contribution in [2.75, 3.05) is 12.4 Å². The zero-order valence-corrected chi connectivity index (χ0v) is 14.9. The summed E-state index contributed by atoms with van der Waals surface area (Å²) in [5.41, 5.74) is 0.537. The van der Waals surface area contributed by atoms with E-state index >= 15 is 0 Å². The van der Waals surface area contributed by atoms with E-state index < -0.39 is 18.0 Å². The summed E-state index contributed by atoms with van der Waals surface area (Å²) in [5, 5.41) is 3.29. The molecule has 1 atom stereocenters. The lowest BCUT2D eigenvalue weighted by Crippen LogP contribution is -2.29. The van der Waals surface area contributed by atoms with Gasteiger partial charge in [-0.25, -0.2) is 9.18 Å². The number of nitrogens with one attached hydrogen (secondary N) is 1. The standard InChI is InChI=1S/C19H16FNO4S/c1-11(18(22)21-14-4-3-5-15(10-14)24-2)25-19(23)17-9-12-8-13(20)6-7-16(12)26-17/h3-11H,1-2H3,(H,21,22)/t11-/m1/s1. The number of anilines is 1. The number of hydrogen-bond donors (Lipinski definition) is 1. The maximum Gasteiger partial charge on any atom is 0.349 e. The van der Waals surface area contributed by atoms with E-state index in [2.05, 4.69) is 5.32 Å². The smallest absolute Gasteiger partial charge is 0.349 e. The fourth-order valence-corrected chi connectivity index (χ4v) is 3.26. The molecule has 0 saturated heterocycles. The molecule has 0 fully saturated rings. The van der Waals surface area contributed by atoms with E-state index in [4.69, 9.17) is 9.47 Å². The summed E-state index contributed by atoms with van der Waals surface area (Å²) in [7, 11) is 1.53. The minimum atomic E-state index is -0.990. The number of amides is 1. The highest BCUT2D eigenvalue weighted by Crippen LogP contribution is 2.27. The monoisotopic (exact) mass is 373 g/mol. The van der Waals surface area contributed by atoms with Crippen LogP contribution in [0.5, 0.6) is 5.75 Å². The van der Waals surface area contributed by atoms with E-state index in [1.807, 2.05) is 0 Å². The number of esters is 1. The Balaban J connectivity index is 1.66.